The fraction of sp³-hybridized carbons (Fsp3) is 0.600. The van der Waals surface area contributed by atoms with Crippen molar-refractivity contribution in [2.45, 2.75) is 50.9 Å². The van der Waals surface area contributed by atoms with Crippen LogP contribution in [0.1, 0.15) is 55.6 Å². The molecule has 1 heterocycles. The van der Waals surface area contributed by atoms with Crippen LogP contribution in [0, 0.1) is 0 Å². The van der Waals surface area contributed by atoms with Gasteiger partial charge in [-0.15, -0.1) is 0 Å². The fourth-order valence-corrected chi connectivity index (χ4v) is 3.33. The molecule has 0 bridgehead atoms. The van der Waals surface area contributed by atoms with Crippen LogP contribution < -0.4 is 5.32 Å². The lowest BCUT2D eigenvalue weighted by molar-refractivity contribution is 0.441. The Kier molecular flexibility index (Phi) is 2.86. The number of rotatable bonds is 1. The topological polar surface area (TPSA) is 12.0 Å². The van der Waals surface area contributed by atoms with E-state index in [4.69, 9.17) is 0 Å². The third-order valence-electron chi connectivity index (χ3n) is 4.18. The Bertz CT molecular complexity index is 364. The van der Waals surface area contributed by atoms with Crippen LogP contribution in [-0.2, 0) is 6.42 Å². The van der Waals surface area contributed by atoms with E-state index in [-0.39, 0.29) is 0 Å². The molecule has 1 heteroatoms. The van der Waals surface area contributed by atoms with Crippen LogP contribution in [-0.4, -0.2) is 6.54 Å². The Labute approximate surface area is 98.3 Å². The minimum absolute atomic E-state index is 0.851. The van der Waals surface area contributed by atoms with Gasteiger partial charge in [0.1, 0.15) is 0 Å². The standard InChI is InChI=1S/C15H21N/c1-2-6-12(7-3-1)13-8-4-10-15-14(13)9-5-11-16-15/h4,8,10,12,16H,1-3,5-7,9,11H2. The number of hydrogen-bond donors (Lipinski definition) is 1. The molecule has 1 aromatic carbocycles. The molecule has 2 aliphatic rings. The highest BCUT2D eigenvalue weighted by Crippen LogP contribution is 2.37. The van der Waals surface area contributed by atoms with Gasteiger partial charge in [0.25, 0.3) is 0 Å². The molecule has 0 spiro atoms. The normalized spacial score (nSPS) is 21.2. The second kappa shape index (κ2) is 4.48. The highest BCUT2D eigenvalue weighted by Gasteiger charge is 2.20. The van der Waals surface area contributed by atoms with E-state index in [0.29, 0.717) is 0 Å². The Morgan fingerprint density at radius 3 is 2.75 bits per heavy atom. The van der Waals surface area contributed by atoms with Gasteiger partial charge in [0.05, 0.1) is 0 Å². The first-order valence-corrected chi connectivity index (χ1v) is 6.81. The van der Waals surface area contributed by atoms with Crippen LogP contribution in [0.15, 0.2) is 18.2 Å². The molecule has 1 saturated carbocycles. The van der Waals surface area contributed by atoms with Gasteiger partial charge in [-0.25, -0.2) is 0 Å². The molecule has 0 saturated heterocycles. The van der Waals surface area contributed by atoms with Crippen LogP contribution in [0.5, 0.6) is 0 Å². The van der Waals surface area contributed by atoms with Crippen molar-refractivity contribution in [3.63, 3.8) is 0 Å². The van der Waals surface area contributed by atoms with E-state index < -0.39 is 0 Å². The van der Waals surface area contributed by atoms with Crippen LogP contribution in [0.25, 0.3) is 0 Å². The number of fused-ring (bicyclic) bond motifs is 1. The van der Waals surface area contributed by atoms with Crippen LogP contribution in [0.4, 0.5) is 5.69 Å². The van der Waals surface area contributed by atoms with E-state index in [9.17, 15) is 0 Å². The SMILES string of the molecule is c1cc2c(c(C3CCCCC3)c1)CCCN2. The van der Waals surface area contributed by atoms with Crippen molar-refractivity contribution in [2.75, 3.05) is 11.9 Å². The maximum Gasteiger partial charge on any atom is 0.0375 e. The molecule has 0 radical (unpaired) electrons. The summed E-state index contributed by atoms with van der Waals surface area (Å²) in [5, 5.41) is 3.54. The summed E-state index contributed by atoms with van der Waals surface area (Å²) in [5.74, 6) is 0.851. The molecular formula is C15H21N. The van der Waals surface area contributed by atoms with Gasteiger partial charge >= 0.3 is 0 Å². The highest BCUT2D eigenvalue weighted by molar-refractivity contribution is 5.57. The lowest BCUT2D eigenvalue weighted by Gasteiger charge is -2.28. The van der Waals surface area contributed by atoms with Crippen molar-refractivity contribution in [1.29, 1.82) is 0 Å². The Morgan fingerprint density at radius 1 is 1.00 bits per heavy atom. The van der Waals surface area contributed by atoms with E-state index in [1.807, 2.05) is 0 Å². The Morgan fingerprint density at radius 2 is 1.88 bits per heavy atom. The van der Waals surface area contributed by atoms with Gasteiger partial charge in [-0.05, 0) is 48.8 Å². The third kappa shape index (κ3) is 1.83. The molecule has 1 aromatic rings. The van der Waals surface area contributed by atoms with Crippen molar-refractivity contribution in [3.05, 3.63) is 29.3 Å². The summed E-state index contributed by atoms with van der Waals surface area (Å²) in [7, 11) is 0. The van der Waals surface area contributed by atoms with Crippen molar-refractivity contribution in [2.24, 2.45) is 0 Å². The molecular weight excluding hydrogens is 194 g/mol. The predicted octanol–water partition coefficient (Wildman–Crippen LogP) is 4.09. The first kappa shape index (κ1) is 10.2. The largest absolute Gasteiger partial charge is 0.385 e. The predicted molar refractivity (Wildman–Crippen MR) is 69.1 cm³/mol. The highest BCUT2D eigenvalue weighted by atomic mass is 14.9. The average molecular weight is 215 g/mol. The first-order chi connectivity index (χ1) is 7.95. The number of hydrogen-bond acceptors (Lipinski definition) is 1. The van der Waals surface area contributed by atoms with E-state index in [2.05, 4.69) is 23.5 Å². The summed E-state index contributed by atoms with van der Waals surface area (Å²) >= 11 is 0. The summed E-state index contributed by atoms with van der Waals surface area (Å²) < 4.78 is 0. The quantitative estimate of drug-likeness (QED) is 0.744. The number of anilines is 1. The number of nitrogens with one attached hydrogen (secondary N) is 1. The Balaban J connectivity index is 1.93. The molecule has 3 rings (SSSR count). The molecule has 1 nitrogen and oxygen atoms in total. The molecule has 16 heavy (non-hydrogen) atoms. The minimum atomic E-state index is 0.851. The van der Waals surface area contributed by atoms with Gasteiger partial charge in [-0.1, -0.05) is 31.4 Å². The molecule has 0 atom stereocenters. The van der Waals surface area contributed by atoms with Gasteiger partial charge in [0.15, 0.2) is 0 Å². The molecule has 0 unspecified atom stereocenters. The third-order valence-corrected chi connectivity index (χ3v) is 4.18. The maximum atomic E-state index is 3.54. The molecule has 1 aliphatic carbocycles. The summed E-state index contributed by atoms with van der Waals surface area (Å²) in [4.78, 5) is 0. The second-order valence-corrected chi connectivity index (χ2v) is 5.24. The molecule has 1 aliphatic heterocycles. The van der Waals surface area contributed by atoms with Crippen molar-refractivity contribution in [1.82, 2.24) is 0 Å². The molecule has 1 N–H and O–H groups in total. The Hall–Kier alpha value is -0.980. The first-order valence-electron chi connectivity index (χ1n) is 6.81. The zero-order valence-electron chi connectivity index (χ0n) is 9.97. The maximum absolute atomic E-state index is 3.54. The monoisotopic (exact) mass is 215 g/mol. The van der Waals surface area contributed by atoms with Gasteiger partial charge < -0.3 is 5.32 Å². The molecule has 1 fully saturated rings. The summed E-state index contributed by atoms with van der Waals surface area (Å²) in [6.07, 6.45) is 9.73. The van der Waals surface area contributed by atoms with Crippen molar-refractivity contribution < 1.29 is 0 Å². The molecule has 0 amide bonds. The van der Waals surface area contributed by atoms with E-state index in [0.717, 1.165) is 12.5 Å². The van der Waals surface area contributed by atoms with E-state index in [1.165, 1.54) is 50.6 Å². The average Bonchev–Trinajstić information content (AvgIpc) is 2.39. The molecule has 0 aromatic heterocycles. The second-order valence-electron chi connectivity index (χ2n) is 5.24. The van der Waals surface area contributed by atoms with Gasteiger partial charge in [-0.3, -0.25) is 0 Å². The zero-order valence-corrected chi connectivity index (χ0v) is 9.97. The summed E-state index contributed by atoms with van der Waals surface area (Å²) in [6.45, 7) is 1.15. The van der Waals surface area contributed by atoms with Crippen LogP contribution >= 0.6 is 0 Å². The van der Waals surface area contributed by atoms with Crippen molar-refractivity contribution in [3.8, 4) is 0 Å². The van der Waals surface area contributed by atoms with Gasteiger partial charge in [-0.2, -0.15) is 0 Å². The minimum Gasteiger partial charge on any atom is -0.385 e. The summed E-state index contributed by atoms with van der Waals surface area (Å²) in [6, 6.07) is 6.86. The zero-order chi connectivity index (χ0) is 10.8. The lowest BCUT2D eigenvalue weighted by atomic mass is 9.80. The summed E-state index contributed by atoms with van der Waals surface area (Å²) in [5.41, 5.74) is 4.69. The van der Waals surface area contributed by atoms with E-state index in [1.54, 1.807) is 11.1 Å². The fourth-order valence-electron chi connectivity index (χ4n) is 3.33. The van der Waals surface area contributed by atoms with Crippen LogP contribution in [0.2, 0.25) is 0 Å². The lowest BCUT2D eigenvalue weighted by Crippen LogP contribution is -2.16. The van der Waals surface area contributed by atoms with Gasteiger partial charge in [0.2, 0.25) is 0 Å². The number of benzene rings is 1. The smallest absolute Gasteiger partial charge is 0.0375 e. The van der Waals surface area contributed by atoms with E-state index >= 15 is 0 Å². The van der Waals surface area contributed by atoms with Crippen molar-refractivity contribution >= 4 is 5.69 Å². The van der Waals surface area contributed by atoms with Gasteiger partial charge in [0, 0.05) is 12.2 Å². The molecule has 86 valence electrons. The van der Waals surface area contributed by atoms with Crippen LogP contribution in [0.3, 0.4) is 0 Å².